The van der Waals surface area contributed by atoms with Crippen LogP contribution in [0.25, 0.3) is 0 Å². The van der Waals surface area contributed by atoms with Crippen LogP contribution in [-0.4, -0.2) is 89.2 Å². The second-order valence-electron chi connectivity index (χ2n) is 13.1. The average Bonchev–Trinajstić information content (AvgIpc) is 3.19. The van der Waals surface area contributed by atoms with Gasteiger partial charge < -0.3 is 20.9 Å². The number of alkyl halides is 30. The fraction of sp³-hybridized carbons (Fsp3) is 0.452. The fourth-order valence-electron chi connectivity index (χ4n) is 4.43. The van der Waals surface area contributed by atoms with E-state index in [4.69, 9.17) is 11.5 Å². The number of anilines is 2. The summed E-state index contributed by atoms with van der Waals surface area (Å²) in [6.45, 7) is 0. The highest BCUT2D eigenvalue weighted by atomic mass is 19.4. The Kier molecular flexibility index (Phi) is 15.0. The summed E-state index contributed by atoms with van der Waals surface area (Å²) in [5.74, 6) is -120. The second kappa shape index (κ2) is 17.3. The molecule has 0 aliphatic heterocycles. The van der Waals surface area contributed by atoms with Gasteiger partial charge in [-0.2, -0.15) is 149 Å². The summed E-state index contributed by atoms with van der Waals surface area (Å²) in [6.07, 6.45) is -16.1. The van der Waals surface area contributed by atoms with Gasteiger partial charge >= 0.3 is 95.4 Å². The van der Waals surface area contributed by atoms with E-state index in [1.54, 1.807) is 0 Å². The van der Waals surface area contributed by atoms with E-state index in [-0.39, 0.29) is 36.4 Å². The number of carbonyl (C=O) groups excluding carboxylic acids is 1. The van der Waals surface area contributed by atoms with Crippen molar-refractivity contribution in [1.29, 1.82) is 0 Å². The van der Waals surface area contributed by atoms with Crippen LogP contribution in [0, 0.1) is 0 Å². The summed E-state index contributed by atoms with van der Waals surface area (Å²) >= 11 is 0. The predicted molar refractivity (Wildman–Crippen MR) is 156 cm³/mol. The van der Waals surface area contributed by atoms with Gasteiger partial charge in [-0.25, -0.2) is 0 Å². The zero-order valence-corrected chi connectivity index (χ0v) is 31.2. The van der Waals surface area contributed by atoms with Crippen LogP contribution in [0.5, 0.6) is 11.5 Å². The lowest BCUT2D eigenvalue weighted by Crippen LogP contribution is -2.72. The third-order valence-electron chi connectivity index (χ3n) is 8.50. The fourth-order valence-corrected chi connectivity index (χ4v) is 4.43. The van der Waals surface area contributed by atoms with Crippen molar-refractivity contribution >= 4 is 17.2 Å². The first kappa shape index (κ1) is 60.5. The number of hydrogen-bond acceptors (Lipinski definition) is 5. The monoisotopic (exact) mass is 1100 g/mol. The number of rotatable bonds is 18. The molecule has 2 rings (SSSR count). The second-order valence-corrected chi connectivity index (χ2v) is 13.1. The van der Waals surface area contributed by atoms with Gasteiger partial charge in [-0.05, 0) is 36.4 Å². The van der Waals surface area contributed by atoms with Crippen molar-refractivity contribution in [1.82, 2.24) is 0 Å². The lowest BCUT2D eigenvalue weighted by molar-refractivity contribution is -0.451. The van der Waals surface area contributed by atoms with Crippen molar-refractivity contribution in [3.8, 4) is 11.5 Å². The van der Waals surface area contributed by atoms with Gasteiger partial charge in [0.25, 0.3) is 0 Å². The van der Waals surface area contributed by atoms with Crippen molar-refractivity contribution in [2.75, 3.05) is 11.5 Å². The first-order chi connectivity index (χ1) is 30.5. The van der Waals surface area contributed by atoms with Crippen molar-refractivity contribution < 1.29 is 164 Å². The maximum absolute atomic E-state index is 14.4. The van der Waals surface area contributed by atoms with Crippen LogP contribution in [0.2, 0.25) is 0 Å². The normalized spacial score (nSPS) is 15.9. The Morgan fingerprint density at radius 1 is 0.343 bits per heavy atom. The van der Waals surface area contributed by atoms with Gasteiger partial charge in [0.05, 0.1) is 11.4 Å². The maximum atomic E-state index is 14.4. The number of ether oxygens (including phenoxy) is 2. The Balaban J connectivity index is 2.62. The van der Waals surface area contributed by atoms with E-state index in [2.05, 4.69) is 9.47 Å². The highest BCUT2D eigenvalue weighted by molar-refractivity contribution is 6.10. The highest BCUT2D eigenvalue weighted by Crippen LogP contribution is 2.65. The van der Waals surface area contributed by atoms with E-state index in [9.17, 15) is 154 Å². The Hall–Kier alpha value is -5.59. The highest BCUT2D eigenvalue weighted by Gasteiger charge is 2.95. The summed E-state index contributed by atoms with van der Waals surface area (Å²) in [6, 6.07) is -7.88. The Labute approximate surface area is 359 Å². The quantitative estimate of drug-likeness (QED) is 0.0672. The summed E-state index contributed by atoms with van der Waals surface area (Å²) in [4.78, 5) is 13.0. The molecule has 4 N–H and O–H groups in total. The molecule has 2 aromatic carbocycles. The Morgan fingerprint density at radius 2 is 0.557 bits per heavy atom. The van der Waals surface area contributed by atoms with Gasteiger partial charge in [-0.15, -0.1) is 0 Å². The van der Waals surface area contributed by atoms with Crippen LogP contribution in [0.1, 0.15) is 15.9 Å². The maximum Gasteiger partial charge on any atom is 0.460 e. The number of nitrogens with two attached hydrogens (primary N) is 2. The standard InChI is InChI=1S/C31H10F34N2O3/c32-14(18(36,37)20(40,41)22(44,45)24(48,49)26(52,53)28(56,57)30(60,61)62)16(34)69-11-5-7(1-3-9(11)66)13(68)8-2-4-10(67)12(6-8)70-17(35)15(33)19(38,39)21(42,43)23(46,47)25(50,51)27(54,55)29(58,59)31(63,64)65/h1-6H,66-67H2. The number of carbonyl (C=O) groups is 1. The molecule has 0 atom stereocenters. The van der Waals surface area contributed by atoms with Gasteiger partial charge in [-0.3, -0.25) is 4.79 Å². The van der Waals surface area contributed by atoms with Crippen molar-refractivity contribution in [2.45, 2.75) is 83.4 Å². The minimum atomic E-state index is -8.97. The van der Waals surface area contributed by atoms with Crippen molar-refractivity contribution in [3.05, 3.63) is 71.2 Å². The number of benzene rings is 2. The molecule has 0 heterocycles. The molecule has 0 aromatic heterocycles. The molecule has 0 unspecified atom stereocenters. The molecule has 0 bridgehead atoms. The summed E-state index contributed by atoms with van der Waals surface area (Å²) in [5.41, 5.74) is 4.79. The molecule has 0 saturated heterocycles. The molecule has 400 valence electrons. The van der Waals surface area contributed by atoms with Gasteiger partial charge in [0, 0.05) is 11.1 Å². The lowest BCUT2D eigenvalue weighted by atomic mass is 9.91. The molecule has 0 radical (unpaired) electrons. The predicted octanol–water partition coefficient (Wildman–Crippen LogP) is 13.8. The zero-order valence-electron chi connectivity index (χ0n) is 31.2. The van der Waals surface area contributed by atoms with E-state index in [0.717, 1.165) is 0 Å². The summed E-state index contributed by atoms with van der Waals surface area (Å²) in [7, 11) is 0. The van der Waals surface area contributed by atoms with E-state index >= 15 is 0 Å². The Bertz CT molecular complexity index is 2220. The minimum Gasteiger partial charge on any atom is -0.427 e. The molecular formula is C31H10F34N2O3. The number of hydrogen-bond donors (Lipinski definition) is 2. The third kappa shape index (κ3) is 8.71. The molecule has 0 amide bonds. The van der Waals surface area contributed by atoms with Crippen LogP contribution in [-0.2, 0) is 0 Å². The van der Waals surface area contributed by atoms with E-state index in [1.807, 2.05) is 0 Å². The molecule has 0 aliphatic carbocycles. The van der Waals surface area contributed by atoms with E-state index in [0.29, 0.717) is 0 Å². The first-order valence-electron chi connectivity index (χ1n) is 16.0. The van der Waals surface area contributed by atoms with Gasteiger partial charge in [0.1, 0.15) is 0 Å². The summed E-state index contributed by atoms with van der Waals surface area (Å²) in [5, 5.41) is 0. The van der Waals surface area contributed by atoms with Gasteiger partial charge in [-0.1, -0.05) is 0 Å². The third-order valence-corrected chi connectivity index (χ3v) is 8.50. The first-order valence-corrected chi connectivity index (χ1v) is 16.0. The average molecular weight is 1100 g/mol. The van der Waals surface area contributed by atoms with Gasteiger partial charge in [0.2, 0.25) is 11.7 Å². The minimum absolute atomic E-state index is 0.145. The van der Waals surface area contributed by atoms with Crippen LogP contribution in [0.4, 0.5) is 161 Å². The molecule has 0 saturated carbocycles. The van der Waals surface area contributed by atoms with Crippen LogP contribution in [0.3, 0.4) is 0 Å². The molecule has 0 fully saturated rings. The van der Waals surface area contributed by atoms with Crippen molar-refractivity contribution in [2.24, 2.45) is 0 Å². The molecule has 2 aromatic rings. The van der Waals surface area contributed by atoms with Crippen LogP contribution in [0.15, 0.2) is 60.1 Å². The topological polar surface area (TPSA) is 87.6 Å². The number of halogens is 34. The zero-order chi connectivity index (χ0) is 56.0. The Morgan fingerprint density at radius 3 is 0.786 bits per heavy atom. The van der Waals surface area contributed by atoms with Gasteiger partial charge in [0.15, 0.2) is 17.3 Å². The van der Waals surface area contributed by atoms with Crippen LogP contribution < -0.4 is 20.9 Å². The molecule has 0 aliphatic rings. The number of nitrogen functional groups attached to an aromatic ring is 2. The van der Waals surface area contributed by atoms with E-state index < -0.39 is 147 Å². The van der Waals surface area contributed by atoms with Crippen molar-refractivity contribution in [3.63, 3.8) is 0 Å². The number of ketones is 1. The largest absolute Gasteiger partial charge is 0.460 e. The molecule has 39 heteroatoms. The molecule has 70 heavy (non-hydrogen) atoms. The van der Waals surface area contributed by atoms with Crippen LogP contribution >= 0.6 is 0 Å². The molecule has 5 nitrogen and oxygen atoms in total. The molecule has 0 spiro atoms. The van der Waals surface area contributed by atoms with E-state index in [1.165, 1.54) is 0 Å². The lowest BCUT2D eigenvalue weighted by Gasteiger charge is -2.41. The SMILES string of the molecule is Nc1ccc(C(=O)c2ccc(N)c(OC(F)=C(F)C(F)(F)C(F)(F)C(F)(F)C(F)(F)C(F)(F)C(F)(F)C(F)(F)F)c2)cc1OC(F)=C(F)C(F)(F)C(F)(F)C(F)(F)C(F)(F)C(F)(F)C(F)(F)C(F)(F)F. The number of allylic oxidation sites excluding steroid dienone is 2. The summed E-state index contributed by atoms with van der Waals surface area (Å²) < 4.78 is 468. The molecular weight excluding hydrogens is 1090 g/mol. The smallest absolute Gasteiger partial charge is 0.427 e.